The molecule has 8 heteroatoms. The molecule has 3 rings (SSSR count). The van der Waals surface area contributed by atoms with Gasteiger partial charge in [0, 0.05) is 52.4 Å². The molecule has 2 aromatic rings. The number of fused-ring (bicyclic) bond motifs is 1. The quantitative estimate of drug-likeness (QED) is 0.735. The molecule has 0 aliphatic carbocycles. The normalized spacial score (nSPS) is 22.2. The Labute approximate surface area is 200 Å². The van der Waals surface area contributed by atoms with Gasteiger partial charge in [0.15, 0.2) is 0 Å². The van der Waals surface area contributed by atoms with E-state index < -0.39 is 0 Å². The fourth-order valence-corrected chi connectivity index (χ4v) is 4.18. The third-order valence-corrected chi connectivity index (χ3v) is 6.19. The molecular weight excluding hydrogens is 437 g/mol. The maximum atomic E-state index is 13.4. The number of amides is 2. The lowest BCUT2D eigenvalue weighted by atomic mass is 10.0. The van der Waals surface area contributed by atoms with E-state index in [0.717, 1.165) is 12.1 Å². The van der Waals surface area contributed by atoms with E-state index in [2.05, 4.69) is 24.1 Å². The molecule has 0 bridgehead atoms. The topological polar surface area (TPSA) is 71.1 Å². The SMILES string of the molecule is CO[C@@H]1CN(C)C(=O)c2cc(NC(C)=O)ccc2OC[C@@H](C)N(Cc2ccc(F)cc2)C[C@@H]1C. The van der Waals surface area contributed by atoms with E-state index >= 15 is 0 Å². The standard InChI is InChI=1S/C26H34FN3O4/c1-17-13-30(14-20-6-8-21(27)9-7-20)18(2)16-34-24-11-10-22(28-19(3)31)12-23(24)26(32)29(4)15-25(17)33-5/h6-12,17-18,25H,13-16H2,1-5H3,(H,28,31)/t17-,18+,25+/m0/s1. The first-order chi connectivity index (χ1) is 16.2. The molecule has 1 aliphatic heterocycles. The molecule has 34 heavy (non-hydrogen) atoms. The lowest BCUT2D eigenvalue weighted by Crippen LogP contribution is -2.46. The van der Waals surface area contributed by atoms with Gasteiger partial charge in [0.25, 0.3) is 5.91 Å². The average Bonchev–Trinajstić information content (AvgIpc) is 2.80. The minimum atomic E-state index is -0.260. The number of anilines is 1. The minimum absolute atomic E-state index is 0.0140. The lowest BCUT2D eigenvalue weighted by molar-refractivity contribution is -0.114. The van der Waals surface area contributed by atoms with Gasteiger partial charge in [0.1, 0.15) is 18.2 Å². The van der Waals surface area contributed by atoms with Gasteiger partial charge in [-0.3, -0.25) is 14.5 Å². The molecule has 1 aliphatic rings. The van der Waals surface area contributed by atoms with Crippen molar-refractivity contribution in [3.63, 3.8) is 0 Å². The molecule has 0 radical (unpaired) electrons. The van der Waals surface area contributed by atoms with Crippen LogP contribution in [-0.2, 0) is 16.1 Å². The Bertz CT molecular complexity index is 998. The van der Waals surface area contributed by atoms with Crippen molar-refractivity contribution >= 4 is 17.5 Å². The highest BCUT2D eigenvalue weighted by Gasteiger charge is 2.28. The predicted octanol–water partition coefficient (Wildman–Crippen LogP) is 3.79. The molecule has 0 spiro atoms. The molecule has 3 atom stereocenters. The number of carbonyl (C=O) groups excluding carboxylic acids is 2. The van der Waals surface area contributed by atoms with Crippen LogP contribution in [0.5, 0.6) is 5.75 Å². The van der Waals surface area contributed by atoms with E-state index in [1.807, 2.05) is 0 Å². The minimum Gasteiger partial charge on any atom is -0.491 e. The van der Waals surface area contributed by atoms with Crippen molar-refractivity contribution in [2.45, 2.75) is 39.5 Å². The molecule has 0 saturated carbocycles. The molecule has 2 amide bonds. The first-order valence-electron chi connectivity index (χ1n) is 11.5. The Hall–Kier alpha value is -2.97. The van der Waals surface area contributed by atoms with Crippen LogP contribution in [0.4, 0.5) is 10.1 Å². The van der Waals surface area contributed by atoms with Crippen LogP contribution in [0.15, 0.2) is 42.5 Å². The number of nitrogens with one attached hydrogen (secondary N) is 1. The summed E-state index contributed by atoms with van der Waals surface area (Å²) < 4.78 is 25.3. The van der Waals surface area contributed by atoms with Gasteiger partial charge >= 0.3 is 0 Å². The zero-order valence-electron chi connectivity index (χ0n) is 20.5. The molecule has 0 saturated heterocycles. The number of carbonyl (C=O) groups is 2. The molecule has 0 aromatic heterocycles. The summed E-state index contributed by atoms with van der Waals surface area (Å²) in [4.78, 5) is 28.7. The van der Waals surface area contributed by atoms with Crippen LogP contribution in [0.25, 0.3) is 0 Å². The Morgan fingerprint density at radius 2 is 1.88 bits per heavy atom. The molecule has 1 N–H and O–H groups in total. The second-order valence-electron chi connectivity index (χ2n) is 9.05. The zero-order valence-corrected chi connectivity index (χ0v) is 20.5. The molecule has 1 heterocycles. The van der Waals surface area contributed by atoms with Crippen LogP contribution < -0.4 is 10.1 Å². The monoisotopic (exact) mass is 471 g/mol. The number of rotatable bonds is 4. The summed E-state index contributed by atoms with van der Waals surface area (Å²) in [5, 5.41) is 2.73. The summed E-state index contributed by atoms with van der Waals surface area (Å²) in [5.74, 6) is -0.0968. The van der Waals surface area contributed by atoms with Crippen LogP contribution in [0, 0.1) is 11.7 Å². The van der Waals surface area contributed by atoms with Gasteiger partial charge in [-0.05, 0) is 48.7 Å². The second kappa shape index (κ2) is 11.4. The van der Waals surface area contributed by atoms with E-state index in [1.54, 1.807) is 49.4 Å². The van der Waals surface area contributed by atoms with Crippen LogP contribution in [0.3, 0.4) is 0 Å². The van der Waals surface area contributed by atoms with E-state index in [0.29, 0.717) is 36.7 Å². The van der Waals surface area contributed by atoms with E-state index in [1.165, 1.54) is 19.1 Å². The van der Waals surface area contributed by atoms with Crippen molar-refractivity contribution in [3.8, 4) is 5.75 Å². The highest BCUT2D eigenvalue weighted by Crippen LogP contribution is 2.27. The number of methoxy groups -OCH3 is 1. The fraction of sp³-hybridized carbons (Fsp3) is 0.462. The van der Waals surface area contributed by atoms with Gasteiger partial charge in [0.2, 0.25) is 5.91 Å². The van der Waals surface area contributed by atoms with Crippen molar-refractivity contribution in [1.82, 2.24) is 9.80 Å². The third kappa shape index (κ3) is 6.55. The Kier molecular flexibility index (Phi) is 8.63. The number of nitrogens with zero attached hydrogens (tertiary/aromatic N) is 2. The van der Waals surface area contributed by atoms with Crippen LogP contribution in [0.2, 0.25) is 0 Å². The maximum absolute atomic E-state index is 13.4. The first-order valence-corrected chi connectivity index (χ1v) is 11.5. The van der Waals surface area contributed by atoms with Crippen molar-refractivity contribution in [2.24, 2.45) is 5.92 Å². The predicted molar refractivity (Wildman–Crippen MR) is 129 cm³/mol. The summed E-state index contributed by atoms with van der Waals surface area (Å²) in [6, 6.07) is 11.6. The molecule has 0 unspecified atom stereocenters. The Balaban J connectivity index is 1.93. The zero-order chi connectivity index (χ0) is 24.8. The van der Waals surface area contributed by atoms with E-state index in [-0.39, 0.29) is 35.7 Å². The first kappa shape index (κ1) is 25.6. The highest BCUT2D eigenvalue weighted by molar-refractivity contribution is 5.99. The smallest absolute Gasteiger partial charge is 0.257 e. The highest BCUT2D eigenvalue weighted by atomic mass is 19.1. The number of benzene rings is 2. The van der Waals surface area contributed by atoms with Crippen LogP contribution in [0.1, 0.15) is 36.7 Å². The largest absolute Gasteiger partial charge is 0.491 e. The number of likely N-dealkylation sites (N-methyl/N-ethyl adjacent to an activating group) is 1. The summed E-state index contributed by atoms with van der Waals surface area (Å²) in [6.45, 7) is 7.71. The van der Waals surface area contributed by atoms with Gasteiger partial charge in [-0.15, -0.1) is 0 Å². The van der Waals surface area contributed by atoms with Gasteiger partial charge in [-0.2, -0.15) is 0 Å². The molecule has 2 aromatic carbocycles. The second-order valence-corrected chi connectivity index (χ2v) is 9.05. The fourth-order valence-electron chi connectivity index (χ4n) is 4.18. The van der Waals surface area contributed by atoms with Gasteiger partial charge < -0.3 is 19.7 Å². The summed E-state index contributed by atoms with van der Waals surface area (Å²) in [6.07, 6.45) is -0.181. The lowest BCUT2D eigenvalue weighted by Gasteiger charge is -2.36. The third-order valence-electron chi connectivity index (χ3n) is 6.19. The van der Waals surface area contributed by atoms with Gasteiger partial charge in [-0.25, -0.2) is 4.39 Å². The van der Waals surface area contributed by atoms with Crippen molar-refractivity contribution < 1.29 is 23.5 Å². The summed E-state index contributed by atoms with van der Waals surface area (Å²) >= 11 is 0. The number of hydrogen-bond donors (Lipinski definition) is 1. The van der Waals surface area contributed by atoms with E-state index in [9.17, 15) is 14.0 Å². The van der Waals surface area contributed by atoms with Crippen molar-refractivity contribution in [2.75, 3.05) is 39.2 Å². The Morgan fingerprint density at radius 1 is 1.18 bits per heavy atom. The molecule has 0 fully saturated rings. The van der Waals surface area contributed by atoms with Crippen molar-refractivity contribution in [3.05, 3.63) is 59.4 Å². The van der Waals surface area contributed by atoms with Crippen molar-refractivity contribution in [1.29, 1.82) is 0 Å². The van der Waals surface area contributed by atoms with E-state index in [4.69, 9.17) is 9.47 Å². The summed E-state index contributed by atoms with van der Waals surface area (Å²) in [7, 11) is 3.39. The number of halogens is 1. The van der Waals surface area contributed by atoms with Crippen LogP contribution >= 0.6 is 0 Å². The van der Waals surface area contributed by atoms with Crippen LogP contribution in [-0.4, -0.2) is 67.6 Å². The molecular formula is C26H34FN3O4. The maximum Gasteiger partial charge on any atom is 0.257 e. The molecule has 7 nitrogen and oxygen atoms in total. The summed E-state index contributed by atoms with van der Waals surface area (Å²) in [5.41, 5.74) is 1.93. The van der Waals surface area contributed by atoms with Gasteiger partial charge in [-0.1, -0.05) is 19.1 Å². The average molecular weight is 472 g/mol. The van der Waals surface area contributed by atoms with Gasteiger partial charge in [0.05, 0.1) is 11.7 Å². The number of hydrogen-bond acceptors (Lipinski definition) is 5. The number of ether oxygens (including phenoxy) is 2. The Morgan fingerprint density at radius 3 is 2.53 bits per heavy atom. The molecule has 184 valence electrons.